The first-order valence-corrected chi connectivity index (χ1v) is 12.8. The van der Waals surface area contributed by atoms with Gasteiger partial charge in [0.2, 0.25) is 0 Å². The Labute approximate surface area is 225 Å². The number of allylic oxidation sites excluding steroid dienone is 3. The number of benzene rings is 1. The van der Waals surface area contributed by atoms with Crippen molar-refractivity contribution in [3.63, 3.8) is 0 Å². The number of aromatic hydroxyl groups is 1. The predicted octanol–water partition coefficient (Wildman–Crippen LogP) is 5.60. The van der Waals surface area contributed by atoms with Gasteiger partial charge in [0.05, 0.1) is 24.9 Å². The summed E-state index contributed by atoms with van der Waals surface area (Å²) in [5.74, 6) is -0.789. The fourth-order valence-electron chi connectivity index (χ4n) is 3.80. The largest absolute Gasteiger partial charge is 0.508 e. The number of carbonyl (C=O) groups excluding carboxylic acids is 2. The lowest BCUT2D eigenvalue weighted by molar-refractivity contribution is -0.148. The van der Waals surface area contributed by atoms with Crippen molar-refractivity contribution in [1.29, 1.82) is 0 Å². The molecule has 1 aromatic carbocycles. The van der Waals surface area contributed by atoms with Gasteiger partial charge in [-0.15, -0.1) is 0 Å². The van der Waals surface area contributed by atoms with Crippen molar-refractivity contribution in [2.75, 3.05) is 13.2 Å². The second-order valence-electron chi connectivity index (χ2n) is 9.62. The van der Waals surface area contributed by atoms with Crippen LogP contribution in [0.5, 0.6) is 5.75 Å². The fourth-order valence-corrected chi connectivity index (χ4v) is 3.80. The number of rotatable bonds is 13. The van der Waals surface area contributed by atoms with Crippen LogP contribution in [-0.2, 0) is 23.8 Å². The summed E-state index contributed by atoms with van der Waals surface area (Å²) < 4.78 is 16.3. The molecule has 1 aliphatic heterocycles. The van der Waals surface area contributed by atoms with Gasteiger partial charge >= 0.3 is 11.9 Å². The summed E-state index contributed by atoms with van der Waals surface area (Å²) in [6.45, 7) is 9.95. The highest BCUT2D eigenvalue weighted by atomic mass is 16.6. The molecule has 2 N–H and O–H groups in total. The van der Waals surface area contributed by atoms with Gasteiger partial charge in [-0.05, 0) is 76.3 Å². The smallest absolute Gasteiger partial charge is 0.338 e. The van der Waals surface area contributed by atoms with E-state index in [1.165, 1.54) is 12.5 Å². The van der Waals surface area contributed by atoms with E-state index in [0.717, 1.165) is 29.6 Å². The van der Waals surface area contributed by atoms with Crippen molar-refractivity contribution >= 4 is 18.0 Å². The summed E-state index contributed by atoms with van der Waals surface area (Å²) in [6, 6.07) is 6.96. The van der Waals surface area contributed by atoms with E-state index in [0.29, 0.717) is 13.2 Å². The first kappa shape index (κ1) is 30.8. The Morgan fingerprint density at radius 3 is 2.45 bits per heavy atom. The van der Waals surface area contributed by atoms with Crippen LogP contribution >= 0.6 is 0 Å². The summed E-state index contributed by atoms with van der Waals surface area (Å²) in [6.07, 6.45) is 10.8. The van der Waals surface area contributed by atoms with Crippen LogP contribution in [0.1, 0.15) is 59.4 Å². The number of ether oxygens (including phenoxy) is 3. The maximum absolute atomic E-state index is 12.4. The molecular formula is C31H40O7. The topological polar surface area (TPSA) is 102 Å². The van der Waals surface area contributed by atoms with Gasteiger partial charge in [0, 0.05) is 6.92 Å². The predicted molar refractivity (Wildman–Crippen MR) is 148 cm³/mol. The number of carbonyl (C=O) groups is 2. The number of esters is 2. The van der Waals surface area contributed by atoms with Crippen LogP contribution in [0, 0.1) is 0 Å². The highest BCUT2D eigenvalue weighted by molar-refractivity contribution is 5.93. The van der Waals surface area contributed by atoms with Crippen molar-refractivity contribution in [3.8, 4) is 5.75 Å². The van der Waals surface area contributed by atoms with Gasteiger partial charge in [-0.2, -0.15) is 0 Å². The minimum atomic E-state index is -0.815. The third-order valence-electron chi connectivity index (χ3n) is 5.93. The molecule has 0 bridgehead atoms. The normalized spacial score (nSPS) is 20.1. The van der Waals surface area contributed by atoms with Crippen molar-refractivity contribution < 1.29 is 34.0 Å². The number of phenolic OH excluding ortho intramolecular Hbond substituents is 1. The van der Waals surface area contributed by atoms with Crippen LogP contribution in [0.4, 0.5) is 0 Å². The zero-order valence-corrected chi connectivity index (χ0v) is 23.0. The molecule has 1 fully saturated rings. The summed E-state index contributed by atoms with van der Waals surface area (Å²) in [4.78, 5) is 23.9. The first-order chi connectivity index (χ1) is 18.1. The van der Waals surface area contributed by atoms with E-state index in [2.05, 4.69) is 0 Å². The van der Waals surface area contributed by atoms with Gasteiger partial charge in [-0.3, -0.25) is 4.79 Å². The first-order valence-electron chi connectivity index (χ1n) is 12.8. The lowest BCUT2D eigenvalue weighted by Crippen LogP contribution is -2.26. The van der Waals surface area contributed by atoms with Crippen molar-refractivity contribution in [1.82, 2.24) is 0 Å². The van der Waals surface area contributed by atoms with Gasteiger partial charge in [0.1, 0.15) is 5.75 Å². The Hall–Kier alpha value is -3.42. The maximum Gasteiger partial charge on any atom is 0.338 e. The lowest BCUT2D eigenvalue weighted by atomic mass is 10.0. The molecule has 0 aliphatic carbocycles. The zero-order valence-electron chi connectivity index (χ0n) is 23.0. The summed E-state index contributed by atoms with van der Waals surface area (Å²) in [5, 5.41) is 19.9. The number of hydrogen-bond donors (Lipinski definition) is 2. The van der Waals surface area contributed by atoms with E-state index in [4.69, 9.17) is 14.2 Å². The molecular weight excluding hydrogens is 484 g/mol. The Morgan fingerprint density at radius 2 is 1.79 bits per heavy atom. The van der Waals surface area contributed by atoms with E-state index in [-0.39, 0.29) is 17.7 Å². The van der Waals surface area contributed by atoms with Crippen LogP contribution in [0.3, 0.4) is 0 Å². The van der Waals surface area contributed by atoms with Crippen LogP contribution in [-0.4, -0.2) is 53.7 Å². The Bertz CT molecular complexity index is 1090. The fraction of sp³-hybridized carbons (Fsp3) is 0.419. The minimum absolute atomic E-state index is 0.215. The summed E-state index contributed by atoms with van der Waals surface area (Å²) in [7, 11) is 0. The molecule has 3 atom stereocenters. The number of hydrogen-bond acceptors (Lipinski definition) is 7. The molecule has 0 aromatic heterocycles. The van der Waals surface area contributed by atoms with Gasteiger partial charge < -0.3 is 24.4 Å². The molecule has 206 valence electrons. The molecule has 1 aliphatic rings. The maximum atomic E-state index is 12.4. The Kier molecular flexibility index (Phi) is 12.8. The van der Waals surface area contributed by atoms with E-state index in [1.807, 2.05) is 64.1 Å². The number of cyclic esters (lactones) is 1. The molecule has 1 unspecified atom stereocenters. The van der Waals surface area contributed by atoms with Crippen LogP contribution in [0.15, 0.2) is 76.9 Å². The van der Waals surface area contributed by atoms with Crippen LogP contribution in [0.25, 0.3) is 6.08 Å². The highest BCUT2D eigenvalue weighted by Gasteiger charge is 2.41. The quantitative estimate of drug-likeness (QED) is 0.150. The third-order valence-corrected chi connectivity index (χ3v) is 5.93. The molecule has 1 heterocycles. The molecule has 38 heavy (non-hydrogen) atoms. The monoisotopic (exact) mass is 524 g/mol. The van der Waals surface area contributed by atoms with Crippen molar-refractivity contribution in [2.45, 2.75) is 72.2 Å². The van der Waals surface area contributed by atoms with Gasteiger partial charge in [-0.25, -0.2) is 4.79 Å². The Balaban J connectivity index is 1.80. The average molecular weight is 525 g/mol. The van der Waals surface area contributed by atoms with E-state index < -0.39 is 30.3 Å². The molecule has 0 spiro atoms. The standard InChI is InChI=1S/C31H40O7/c1-21(2)20-29-30(37-24(5)32)27(31(35)38-29)15-16-28(34)23(4)9-6-8-22(3)17-19-36-18-7-10-25-11-13-26(33)14-12-25/h7,9-15,17,20,28-30,33-34H,6,8,16,18-19H2,1-5H3/b10-7+,22-17-,23-9+,27-15-/t28?,29-,30+/m1/s1. The Morgan fingerprint density at radius 1 is 1.08 bits per heavy atom. The van der Waals surface area contributed by atoms with Crippen molar-refractivity contribution in [2.24, 2.45) is 0 Å². The SMILES string of the molecule is CC(=O)O[C@H]1/C(=C/CC(O)/C(C)=C/CC/C(C)=C\COC/C=C/c2ccc(O)cc2)C(=O)O[C@@H]1C=C(C)C. The molecule has 2 rings (SSSR count). The second kappa shape index (κ2) is 15.7. The number of aliphatic hydroxyl groups excluding tert-OH is 1. The molecule has 7 nitrogen and oxygen atoms in total. The molecule has 0 saturated carbocycles. The third kappa shape index (κ3) is 10.9. The molecule has 1 saturated heterocycles. The second-order valence-corrected chi connectivity index (χ2v) is 9.62. The minimum Gasteiger partial charge on any atom is -0.508 e. The van der Waals surface area contributed by atoms with Crippen molar-refractivity contribution in [3.05, 3.63) is 82.5 Å². The van der Waals surface area contributed by atoms with Gasteiger partial charge in [-0.1, -0.05) is 53.7 Å². The van der Waals surface area contributed by atoms with Crippen LogP contribution in [0.2, 0.25) is 0 Å². The molecule has 0 radical (unpaired) electrons. The van der Waals surface area contributed by atoms with Gasteiger partial charge in [0.15, 0.2) is 12.2 Å². The zero-order chi connectivity index (χ0) is 28.1. The molecule has 7 heteroatoms. The number of phenols is 1. The highest BCUT2D eigenvalue weighted by Crippen LogP contribution is 2.27. The van der Waals surface area contributed by atoms with E-state index >= 15 is 0 Å². The van der Waals surface area contributed by atoms with E-state index in [1.54, 1.807) is 24.3 Å². The summed E-state index contributed by atoms with van der Waals surface area (Å²) in [5.41, 5.74) is 4.20. The summed E-state index contributed by atoms with van der Waals surface area (Å²) >= 11 is 0. The van der Waals surface area contributed by atoms with Gasteiger partial charge in [0.25, 0.3) is 0 Å². The average Bonchev–Trinajstić information content (AvgIpc) is 3.12. The molecule has 0 amide bonds. The lowest BCUT2D eigenvalue weighted by Gasteiger charge is -2.16. The molecule has 1 aromatic rings. The van der Waals surface area contributed by atoms with Crippen LogP contribution < -0.4 is 0 Å². The van der Waals surface area contributed by atoms with E-state index in [9.17, 15) is 19.8 Å². The number of aliphatic hydroxyl groups is 1.